The van der Waals surface area contributed by atoms with Gasteiger partial charge in [-0.3, -0.25) is 9.36 Å². The fourth-order valence-corrected chi connectivity index (χ4v) is 5.80. The standard InChI is InChI=1S/C30H24Cl2N2O4S/c1-3-37-23-15-10-18(16-22(23)32)17-24-28(35)34-27(20-11-13-21(31)14-12-20)25(29(36)38-4-2)26(33-30(34)39-24)19-8-6-5-7-9-19/h5-17,27H,3-4H2,1-2H3/b24-17-/t27-/m0/s1. The van der Waals surface area contributed by atoms with Gasteiger partial charge in [0.15, 0.2) is 4.80 Å². The zero-order chi connectivity index (χ0) is 27.5. The van der Waals surface area contributed by atoms with Crippen LogP contribution in [0.4, 0.5) is 0 Å². The third-order valence-corrected chi connectivity index (χ3v) is 7.64. The maximum absolute atomic E-state index is 13.9. The van der Waals surface area contributed by atoms with Crippen LogP contribution >= 0.6 is 34.5 Å². The van der Waals surface area contributed by atoms with Gasteiger partial charge in [0.1, 0.15) is 5.75 Å². The highest BCUT2D eigenvalue weighted by Crippen LogP contribution is 2.35. The molecule has 0 bridgehead atoms. The van der Waals surface area contributed by atoms with Crippen LogP contribution in [0.1, 0.15) is 36.6 Å². The molecule has 39 heavy (non-hydrogen) atoms. The highest BCUT2D eigenvalue weighted by atomic mass is 35.5. The average molecular weight is 580 g/mol. The van der Waals surface area contributed by atoms with Crippen LogP contribution in [-0.2, 0) is 9.53 Å². The lowest BCUT2D eigenvalue weighted by Gasteiger charge is -2.25. The van der Waals surface area contributed by atoms with Crippen molar-refractivity contribution in [3.63, 3.8) is 0 Å². The molecular weight excluding hydrogens is 555 g/mol. The van der Waals surface area contributed by atoms with Crippen molar-refractivity contribution in [3.05, 3.63) is 125 Å². The molecule has 6 nitrogen and oxygen atoms in total. The van der Waals surface area contributed by atoms with Crippen molar-refractivity contribution < 1.29 is 14.3 Å². The van der Waals surface area contributed by atoms with E-state index < -0.39 is 12.0 Å². The number of halogens is 2. The first-order valence-electron chi connectivity index (χ1n) is 12.4. The molecule has 0 saturated carbocycles. The Kier molecular flexibility index (Phi) is 8.02. The maximum atomic E-state index is 13.9. The molecule has 2 heterocycles. The number of benzene rings is 3. The summed E-state index contributed by atoms with van der Waals surface area (Å²) in [6.07, 6.45) is 1.76. The molecule has 1 aliphatic heterocycles. The van der Waals surface area contributed by atoms with E-state index in [1.54, 1.807) is 41.8 Å². The minimum Gasteiger partial charge on any atom is -0.492 e. The number of aromatic nitrogens is 1. The molecule has 0 aliphatic carbocycles. The second-order valence-electron chi connectivity index (χ2n) is 8.61. The van der Waals surface area contributed by atoms with Crippen molar-refractivity contribution in [1.82, 2.24) is 4.57 Å². The molecule has 198 valence electrons. The van der Waals surface area contributed by atoms with Crippen LogP contribution in [0.15, 0.2) is 88.2 Å². The number of nitrogens with zero attached hydrogens (tertiary/aromatic N) is 2. The molecular formula is C30H24Cl2N2O4S. The molecule has 9 heteroatoms. The van der Waals surface area contributed by atoms with Crippen LogP contribution in [-0.4, -0.2) is 23.8 Å². The monoisotopic (exact) mass is 578 g/mol. The number of ether oxygens (including phenoxy) is 2. The molecule has 0 radical (unpaired) electrons. The topological polar surface area (TPSA) is 69.9 Å². The summed E-state index contributed by atoms with van der Waals surface area (Å²) < 4.78 is 13.0. The first-order valence-corrected chi connectivity index (χ1v) is 13.9. The normalized spacial score (nSPS) is 15.1. The lowest BCUT2D eigenvalue weighted by Crippen LogP contribution is -2.40. The minimum atomic E-state index is -0.765. The summed E-state index contributed by atoms with van der Waals surface area (Å²) in [5, 5.41) is 0.997. The Morgan fingerprint density at radius 1 is 1.03 bits per heavy atom. The van der Waals surface area contributed by atoms with Crippen LogP contribution in [0.5, 0.6) is 5.75 Å². The summed E-state index contributed by atoms with van der Waals surface area (Å²) in [7, 11) is 0. The van der Waals surface area contributed by atoms with E-state index >= 15 is 0 Å². The van der Waals surface area contributed by atoms with Crippen molar-refractivity contribution in [2.24, 2.45) is 4.99 Å². The Balaban J connectivity index is 1.77. The summed E-state index contributed by atoms with van der Waals surface area (Å²) in [5.74, 6) is 0.0414. The number of rotatable bonds is 7. The molecule has 1 aromatic heterocycles. The van der Waals surface area contributed by atoms with E-state index in [2.05, 4.69) is 0 Å². The zero-order valence-corrected chi connectivity index (χ0v) is 23.5. The molecule has 0 spiro atoms. The van der Waals surface area contributed by atoms with Gasteiger partial charge in [-0.05, 0) is 55.3 Å². The summed E-state index contributed by atoms with van der Waals surface area (Å²) in [6, 6.07) is 21.1. The van der Waals surface area contributed by atoms with E-state index in [-0.39, 0.29) is 17.7 Å². The van der Waals surface area contributed by atoms with E-state index in [1.165, 1.54) is 11.3 Å². The predicted octanol–water partition coefficient (Wildman–Crippen LogP) is 5.64. The zero-order valence-electron chi connectivity index (χ0n) is 21.2. The van der Waals surface area contributed by atoms with Crippen molar-refractivity contribution in [1.29, 1.82) is 0 Å². The maximum Gasteiger partial charge on any atom is 0.338 e. The lowest BCUT2D eigenvalue weighted by atomic mass is 9.93. The predicted molar refractivity (Wildman–Crippen MR) is 155 cm³/mol. The minimum absolute atomic E-state index is 0.181. The summed E-state index contributed by atoms with van der Waals surface area (Å²) >= 11 is 13.8. The molecule has 0 unspecified atom stereocenters. The SMILES string of the molecule is CCOC(=O)C1=C(c2ccccc2)N=c2s/c(=C\c3ccc(OCC)c(Cl)c3)c(=O)n2[C@H]1c1ccc(Cl)cc1. The van der Waals surface area contributed by atoms with Gasteiger partial charge < -0.3 is 9.47 Å². The highest BCUT2D eigenvalue weighted by molar-refractivity contribution is 7.07. The Morgan fingerprint density at radius 3 is 2.44 bits per heavy atom. The van der Waals surface area contributed by atoms with Crippen LogP contribution in [0.3, 0.4) is 0 Å². The Labute approximate surface area is 239 Å². The van der Waals surface area contributed by atoms with Gasteiger partial charge in [-0.15, -0.1) is 0 Å². The van der Waals surface area contributed by atoms with Crippen molar-refractivity contribution in [3.8, 4) is 5.75 Å². The highest BCUT2D eigenvalue weighted by Gasteiger charge is 2.35. The van der Waals surface area contributed by atoms with Crippen molar-refractivity contribution in [2.45, 2.75) is 19.9 Å². The number of hydrogen-bond donors (Lipinski definition) is 0. The molecule has 3 aromatic carbocycles. The van der Waals surface area contributed by atoms with Crippen molar-refractivity contribution >= 4 is 52.3 Å². The van der Waals surface area contributed by atoms with Crippen LogP contribution in [0, 0.1) is 0 Å². The van der Waals surface area contributed by atoms with Crippen LogP contribution in [0.25, 0.3) is 11.8 Å². The van der Waals surface area contributed by atoms with Gasteiger partial charge in [0, 0.05) is 10.6 Å². The first kappa shape index (κ1) is 26.9. The van der Waals surface area contributed by atoms with E-state index in [1.807, 2.05) is 55.5 Å². The number of carbonyl (C=O) groups excluding carboxylic acids is 1. The van der Waals surface area contributed by atoms with E-state index in [0.29, 0.717) is 43.0 Å². The van der Waals surface area contributed by atoms with Gasteiger partial charge >= 0.3 is 5.97 Å². The van der Waals surface area contributed by atoms with Gasteiger partial charge in [-0.1, -0.05) is 83.1 Å². The molecule has 5 rings (SSSR count). The van der Waals surface area contributed by atoms with E-state index in [4.69, 9.17) is 37.7 Å². The molecule has 0 N–H and O–H groups in total. The van der Waals surface area contributed by atoms with Gasteiger partial charge in [0.25, 0.3) is 5.56 Å². The number of hydrogen-bond acceptors (Lipinski definition) is 6. The molecule has 1 atom stereocenters. The second-order valence-corrected chi connectivity index (χ2v) is 10.5. The largest absolute Gasteiger partial charge is 0.492 e. The number of thiazole rings is 1. The molecule has 0 amide bonds. The van der Waals surface area contributed by atoms with Gasteiger partial charge in [-0.25, -0.2) is 9.79 Å². The summed E-state index contributed by atoms with van der Waals surface area (Å²) in [5.41, 5.74) is 2.67. The third-order valence-electron chi connectivity index (χ3n) is 6.11. The average Bonchev–Trinajstić information content (AvgIpc) is 3.25. The Morgan fingerprint density at radius 2 is 1.77 bits per heavy atom. The fraction of sp³-hybridized carbons (Fsp3) is 0.167. The summed E-state index contributed by atoms with van der Waals surface area (Å²) in [6.45, 7) is 4.31. The fourth-order valence-electron chi connectivity index (χ4n) is 4.43. The molecule has 0 saturated heterocycles. The number of carbonyl (C=O) groups is 1. The lowest BCUT2D eigenvalue weighted by molar-refractivity contribution is -0.138. The molecule has 4 aromatic rings. The quantitative estimate of drug-likeness (QED) is 0.266. The Bertz CT molecular complexity index is 1740. The van der Waals surface area contributed by atoms with Crippen molar-refractivity contribution in [2.75, 3.05) is 13.2 Å². The number of esters is 1. The van der Waals surface area contributed by atoms with Crippen LogP contribution in [0.2, 0.25) is 10.0 Å². The third kappa shape index (κ3) is 5.43. The van der Waals surface area contributed by atoms with E-state index in [9.17, 15) is 9.59 Å². The molecule has 1 aliphatic rings. The summed E-state index contributed by atoms with van der Waals surface area (Å²) in [4.78, 5) is 32.7. The molecule has 0 fully saturated rings. The van der Waals surface area contributed by atoms with Gasteiger partial charge in [0.2, 0.25) is 0 Å². The smallest absolute Gasteiger partial charge is 0.338 e. The van der Waals surface area contributed by atoms with Gasteiger partial charge in [-0.2, -0.15) is 0 Å². The number of fused-ring (bicyclic) bond motifs is 1. The van der Waals surface area contributed by atoms with Gasteiger partial charge in [0.05, 0.1) is 40.1 Å². The Hall–Kier alpha value is -3.65. The second kappa shape index (κ2) is 11.6. The van der Waals surface area contributed by atoms with Crippen LogP contribution < -0.4 is 19.6 Å². The van der Waals surface area contributed by atoms with E-state index in [0.717, 1.165) is 11.1 Å². The first-order chi connectivity index (χ1) is 18.9.